The van der Waals surface area contributed by atoms with Gasteiger partial charge in [-0.2, -0.15) is 4.31 Å². The molecule has 23 heavy (non-hydrogen) atoms. The maximum Gasteiger partial charge on any atom is 0.243 e. The zero-order valence-electron chi connectivity index (χ0n) is 13.4. The van der Waals surface area contributed by atoms with Crippen molar-refractivity contribution in [2.45, 2.75) is 41.9 Å². The van der Waals surface area contributed by atoms with E-state index in [1.54, 1.807) is 16.4 Å². The molecule has 0 N–H and O–H groups in total. The number of ether oxygens (including phenoxy) is 1. The Balaban J connectivity index is 1.36. The number of thioether (sulfide) groups is 1. The Kier molecular flexibility index (Phi) is 3.99. The van der Waals surface area contributed by atoms with Crippen molar-refractivity contribution in [3.8, 4) is 0 Å². The van der Waals surface area contributed by atoms with Gasteiger partial charge in [-0.1, -0.05) is 17.7 Å². The minimum absolute atomic E-state index is 0.0893. The Morgan fingerprint density at radius 3 is 2.61 bits per heavy atom. The van der Waals surface area contributed by atoms with E-state index in [1.165, 1.54) is 12.8 Å². The molecule has 1 spiro atoms. The zero-order chi connectivity index (χ0) is 16.1. The molecule has 3 fully saturated rings. The number of aryl methyl sites for hydroxylation is 1. The van der Waals surface area contributed by atoms with Gasteiger partial charge in [-0.05, 0) is 44.2 Å². The number of nitrogens with zero attached hydrogens (tertiary/aromatic N) is 1. The van der Waals surface area contributed by atoms with Crippen LogP contribution >= 0.6 is 11.8 Å². The fourth-order valence-electron chi connectivity index (χ4n) is 3.31. The Morgan fingerprint density at radius 1 is 1.26 bits per heavy atom. The SMILES string of the molecule is Cc1ccc(S(=O)(=O)N2CC3(C[C@@H](OCC4CC4)CS3)C2)cc1. The second kappa shape index (κ2) is 5.76. The average molecular weight is 354 g/mol. The van der Waals surface area contributed by atoms with Crippen LogP contribution in [0.2, 0.25) is 0 Å². The molecule has 0 aromatic heterocycles. The van der Waals surface area contributed by atoms with Crippen LogP contribution < -0.4 is 0 Å². The van der Waals surface area contributed by atoms with E-state index in [2.05, 4.69) is 0 Å². The lowest BCUT2D eigenvalue weighted by molar-refractivity contribution is 0.0446. The number of rotatable bonds is 5. The molecule has 3 aliphatic rings. The van der Waals surface area contributed by atoms with Gasteiger partial charge in [-0.3, -0.25) is 0 Å². The third-order valence-corrected chi connectivity index (χ3v) is 8.41. The highest BCUT2D eigenvalue weighted by atomic mass is 32.2. The summed E-state index contributed by atoms with van der Waals surface area (Å²) in [6.45, 7) is 4.10. The van der Waals surface area contributed by atoms with Gasteiger partial charge < -0.3 is 4.74 Å². The third-order valence-electron chi connectivity index (χ3n) is 5.03. The van der Waals surface area contributed by atoms with Gasteiger partial charge in [-0.15, -0.1) is 11.8 Å². The quantitative estimate of drug-likeness (QED) is 0.816. The molecule has 4 rings (SSSR count). The first-order chi connectivity index (χ1) is 11.0. The minimum atomic E-state index is -3.34. The average Bonchev–Trinajstić information content (AvgIpc) is 3.21. The monoisotopic (exact) mass is 353 g/mol. The summed E-state index contributed by atoms with van der Waals surface area (Å²) in [5.41, 5.74) is 1.08. The van der Waals surface area contributed by atoms with E-state index in [9.17, 15) is 8.42 Å². The molecule has 2 aliphatic heterocycles. The second-order valence-electron chi connectivity index (χ2n) is 7.18. The number of sulfonamides is 1. The molecule has 2 saturated heterocycles. The van der Waals surface area contributed by atoms with Crippen LogP contribution in [0.4, 0.5) is 0 Å². The Labute approximate surface area is 142 Å². The van der Waals surface area contributed by atoms with Crippen molar-refractivity contribution < 1.29 is 13.2 Å². The van der Waals surface area contributed by atoms with Crippen molar-refractivity contribution in [2.24, 2.45) is 5.92 Å². The molecule has 1 saturated carbocycles. The lowest BCUT2D eigenvalue weighted by Gasteiger charge is -2.46. The van der Waals surface area contributed by atoms with Crippen molar-refractivity contribution in [3.05, 3.63) is 29.8 Å². The van der Waals surface area contributed by atoms with E-state index in [0.29, 0.717) is 24.1 Å². The van der Waals surface area contributed by atoms with Crippen molar-refractivity contribution in [3.63, 3.8) is 0 Å². The highest BCUT2D eigenvalue weighted by Gasteiger charge is 2.53. The third kappa shape index (κ3) is 3.18. The molecule has 0 bridgehead atoms. The highest BCUT2D eigenvalue weighted by molar-refractivity contribution is 8.01. The first kappa shape index (κ1) is 15.9. The van der Waals surface area contributed by atoms with Gasteiger partial charge in [0.15, 0.2) is 0 Å². The summed E-state index contributed by atoms with van der Waals surface area (Å²) in [6, 6.07) is 7.13. The maximum absolute atomic E-state index is 12.7. The van der Waals surface area contributed by atoms with E-state index in [0.717, 1.165) is 30.3 Å². The van der Waals surface area contributed by atoms with Crippen LogP contribution in [0.25, 0.3) is 0 Å². The first-order valence-corrected chi connectivity index (χ1v) is 10.7. The molecule has 0 amide bonds. The summed E-state index contributed by atoms with van der Waals surface area (Å²) in [4.78, 5) is 0.405. The van der Waals surface area contributed by atoms with Gasteiger partial charge >= 0.3 is 0 Å². The standard InChI is InChI=1S/C17H23NO3S2/c1-13-2-6-16(7-3-13)23(19,20)18-11-17(12-18)8-15(10-22-17)21-9-14-4-5-14/h2-3,6-7,14-15H,4-5,8-12H2,1H3/t15-/m1/s1. The maximum atomic E-state index is 12.7. The molecule has 1 aromatic rings. The smallest absolute Gasteiger partial charge is 0.243 e. The second-order valence-corrected chi connectivity index (χ2v) is 10.6. The summed E-state index contributed by atoms with van der Waals surface area (Å²) in [6.07, 6.45) is 3.93. The molecule has 0 unspecified atom stereocenters. The summed E-state index contributed by atoms with van der Waals surface area (Å²) in [7, 11) is -3.34. The van der Waals surface area contributed by atoms with Crippen molar-refractivity contribution >= 4 is 21.8 Å². The molecular weight excluding hydrogens is 330 g/mol. The molecule has 2 heterocycles. The fourth-order valence-corrected chi connectivity index (χ4v) is 6.64. The molecule has 1 aliphatic carbocycles. The molecule has 0 radical (unpaired) electrons. The fraction of sp³-hybridized carbons (Fsp3) is 0.647. The Bertz CT molecular complexity index is 676. The van der Waals surface area contributed by atoms with E-state index >= 15 is 0 Å². The van der Waals surface area contributed by atoms with Crippen LogP contribution in [-0.4, -0.2) is 49.0 Å². The van der Waals surface area contributed by atoms with Gasteiger partial charge in [0, 0.05) is 30.2 Å². The molecule has 1 aromatic carbocycles. The van der Waals surface area contributed by atoms with Gasteiger partial charge in [0.1, 0.15) is 0 Å². The van der Waals surface area contributed by atoms with Gasteiger partial charge in [0.25, 0.3) is 0 Å². The molecular formula is C17H23NO3S2. The molecule has 1 atom stereocenters. The van der Waals surface area contributed by atoms with E-state index in [-0.39, 0.29) is 4.75 Å². The Hall–Kier alpha value is -0.560. The first-order valence-electron chi connectivity index (χ1n) is 8.29. The normalized spacial score (nSPS) is 27.3. The summed E-state index contributed by atoms with van der Waals surface area (Å²) in [5, 5.41) is 0. The van der Waals surface area contributed by atoms with Crippen LogP contribution in [0.1, 0.15) is 24.8 Å². The summed E-state index contributed by atoms with van der Waals surface area (Å²) >= 11 is 1.90. The van der Waals surface area contributed by atoms with Crippen LogP contribution in [-0.2, 0) is 14.8 Å². The largest absolute Gasteiger partial charge is 0.377 e. The van der Waals surface area contributed by atoms with E-state index in [1.807, 2.05) is 30.8 Å². The Morgan fingerprint density at radius 2 is 1.96 bits per heavy atom. The predicted molar refractivity (Wildman–Crippen MR) is 92.2 cm³/mol. The van der Waals surface area contributed by atoms with E-state index < -0.39 is 10.0 Å². The molecule has 4 nitrogen and oxygen atoms in total. The number of hydrogen-bond acceptors (Lipinski definition) is 4. The lowest BCUT2D eigenvalue weighted by Crippen LogP contribution is -2.60. The summed E-state index contributed by atoms with van der Waals surface area (Å²) in [5.74, 6) is 1.79. The van der Waals surface area contributed by atoms with Crippen LogP contribution in [0, 0.1) is 12.8 Å². The number of hydrogen-bond donors (Lipinski definition) is 0. The number of benzene rings is 1. The highest BCUT2D eigenvalue weighted by Crippen LogP contribution is 2.48. The summed E-state index contributed by atoms with van der Waals surface area (Å²) < 4.78 is 33.0. The zero-order valence-corrected chi connectivity index (χ0v) is 15.0. The molecule has 6 heteroatoms. The van der Waals surface area contributed by atoms with Gasteiger partial charge in [-0.25, -0.2) is 8.42 Å². The van der Waals surface area contributed by atoms with Crippen molar-refractivity contribution in [1.29, 1.82) is 0 Å². The van der Waals surface area contributed by atoms with Gasteiger partial charge in [0.2, 0.25) is 10.0 Å². The van der Waals surface area contributed by atoms with Crippen LogP contribution in [0.15, 0.2) is 29.2 Å². The topological polar surface area (TPSA) is 46.6 Å². The van der Waals surface area contributed by atoms with Gasteiger partial charge in [0.05, 0.1) is 11.0 Å². The van der Waals surface area contributed by atoms with Crippen molar-refractivity contribution in [2.75, 3.05) is 25.4 Å². The lowest BCUT2D eigenvalue weighted by atomic mass is 9.95. The van der Waals surface area contributed by atoms with Crippen LogP contribution in [0.5, 0.6) is 0 Å². The van der Waals surface area contributed by atoms with E-state index in [4.69, 9.17) is 4.74 Å². The minimum Gasteiger partial charge on any atom is -0.377 e. The van der Waals surface area contributed by atoms with Crippen LogP contribution in [0.3, 0.4) is 0 Å². The predicted octanol–water partition coefficient (Wildman–Crippen LogP) is 2.67. The van der Waals surface area contributed by atoms with Crippen molar-refractivity contribution in [1.82, 2.24) is 4.31 Å². The molecule has 126 valence electrons.